The molecule has 2 aromatic heterocycles. The molecule has 0 saturated carbocycles. The maximum Gasteiger partial charge on any atom is 0.267 e. The topological polar surface area (TPSA) is 56.1 Å². The van der Waals surface area contributed by atoms with Crippen molar-refractivity contribution >= 4 is 16.8 Å². The number of pyridine rings is 1. The van der Waals surface area contributed by atoms with E-state index in [-0.39, 0.29) is 30.3 Å². The van der Waals surface area contributed by atoms with Gasteiger partial charge in [-0.3, -0.25) is 9.78 Å². The van der Waals surface area contributed by atoms with Gasteiger partial charge in [-0.25, -0.2) is 8.78 Å². The van der Waals surface area contributed by atoms with Gasteiger partial charge in [0.2, 0.25) is 0 Å². The Morgan fingerprint density at radius 3 is 2.61 bits per heavy atom. The third-order valence-corrected chi connectivity index (χ3v) is 5.27. The zero-order valence-corrected chi connectivity index (χ0v) is 17.9. The SMILES string of the molecule is C=CCOc1cccc2c1cc(C(=O)NCCc1ccccn1)n2Cc1c(F)cccc1F. The highest BCUT2D eigenvalue weighted by molar-refractivity contribution is 6.00. The molecule has 7 heteroatoms. The van der Waals surface area contributed by atoms with Crippen LogP contribution in [0.5, 0.6) is 5.75 Å². The first-order valence-electron chi connectivity index (χ1n) is 10.6. The van der Waals surface area contributed by atoms with E-state index in [1.807, 2.05) is 18.2 Å². The predicted molar refractivity (Wildman–Crippen MR) is 123 cm³/mol. The molecular formula is C26H23F2N3O2. The van der Waals surface area contributed by atoms with Gasteiger partial charge in [0.05, 0.1) is 12.1 Å². The van der Waals surface area contributed by atoms with E-state index in [0.29, 0.717) is 29.6 Å². The number of benzene rings is 2. The molecular weight excluding hydrogens is 424 g/mol. The van der Waals surface area contributed by atoms with Crippen molar-refractivity contribution in [1.82, 2.24) is 14.9 Å². The van der Waals surface area contributed by atoms with Crippen molar-refractivity contribution in [3.05, 3.63) is 108 Å². The Hall–Kier alpha value is -4.00. The van der Waals surface area contributed by atoms with Crippen molar-refractivity contribution < 1.29 is 18.3 Å². The maximum absolute atomic E-state index is 14.4. The van der Waals surface area contributed by atoms with Crippen LogP contribution in [0.2, 0.25) is 0 Å². The van der Waals surface area contributed by atoms with Crippen molar-refractivity contribution in [1.29, 1.82) is 0 Å². The highest BCUT2D eigenvalue weighted by Gasteiger charge is 2.20. The fourth-order valence-electron chi connectivity index (χ4n) is 3.67. The van der Waals surface area contributed by atoms with Gasteiger partial charge in [0.15, 0.2) is 0 Å². The number of ether oxygens (including phenoxy) is 1. The number of rotatable bonds is 9. The van der Waals surface area contributed by atoms with Crippen molar-refractivity contribution in [3.63, 3.8) is 0 Å². The van der Waals surface area contributed by atoms with Gasteiger partial charge in [0.1, 0.15) is 29.7 Å². The standard InChI is InChI=1S/C26H23F2N3O2/c1-2-15-33-25-11-6-10-23-19(25)16-24(26(32)30-14-12-18-7-3-4-13-29-18)31(23)17-20-21(27)8-5-9-22(20)28/h2-11,13,16H,1,12,14-15,17H2,(H,30,32). The van der Waals surface area contributed by atoms with Crippen LogP contribution in [0, 0.1) is 11.6 Å². The number of nitrogens with zero attached hydrogens (tertiary/aromatic N) is 2. The smallest absolute Gasteiger partial charge is 0.267 e. The highest BCUT2D eigenvalue weighted by atomic mass is 19.1. The van der Waals surface area contributed by atoms with Crippen LogP contribution in [-0.2, 0) is 13.0 Å². The summed E-state index contributed by atoms with van der Waals surface area (Å²) in [5.41, 5.74) is 1.65. The number of carbonyl (C=O) groups excluding carboxylic acids is 1. The van der Waals surface area contributed by atoms with E-state index in [4.69, 9.17) is 4.74 Å². The molecule has 0 atom stereocenters. The zero-order chi connectivity index (χ0) is 23.2. The second-order valence-electron chi connectivity index (χ2n) is 7.43. The molecule has 4 aromatic rings. The molecule has 0 bridgehead atoms. The van der Waals surface area contributed by atoms with Crippen molar-refractivity contribution in [2.75, 3.05) is 13.2 Å². The van der Waals surface area contributed by atoms with E-state index in [1.54, 1.807) is 41.1 Å². The van der Waals surface area contributed by atoms with Gasteiger partial charge < -0.3 is 14.6 Å². The van der Waals surface area contributed by atoms with E-state index in [1.165, 1.54) is 18.2 Å². The molecule has 168 valence electrons. The van der Waals surface area contributed by atoms with E-state index < -0.39 is 11.6 Å². The van der Waals surface area contributed by atoms with E-state index in [2.05, 4.69) is 16.9 Å². The number of fused-ring (bicyclic) bond motifs is 1. The lowest BCUT2D eigenvalue weighted by molar-refractivity contribution is 0.0945. The minimum Gasteiger partial charge on any atom is -0.489 e. The number of hydrogen-bond acceptors (Lipinski definition) is 3. The Balaban J connectivity index is 1.69. The summed E-state index contributed by atoms with van der Waals surface area (Å²) in [7, 11) is 0. The summed E-state index contributed by atoms with van der Waals surface area (Å²) >= 11 is 0. The maximum atomic E-state index is 14.4. The summed E-state index contributed by atoms with van der Waals surface area (Å²) in [4.78, 5) is 17.4. The van der Waals surface area contributed by atoms with Gasteiger partial charge in [-0.1, -0.05) is 30.9 Å². The second kappa shape index (κ2) is 10.1. The molecule has 0 saturated heterocycles. The largest absolute Gasteiger partial charge is 0.489 e. The molecule has 0 radical (unpaired) electrons. The molecule has 2 aromatic carbocycles. The van der Waals surface area contributed by atoms with E-state index in [0.717, 1.165) is 5.69 Å². The van der Waals surface area contributed by atoms with Crippen LogP contribution in [0.1, 0.15) is 21.7 Å². The Bertz CT molecular complexity index is 1270. The summed E-state index contributed by atoms with van der Waals surface area (Å²) in [6.45, 7) is 4.17. The summed E-state index contributed by atoms with van der Waals surface area (Å²) in [5, 5.41) is 3.55. The average Bonchev–Trinajstić information content (AvgIpc) is 3.20. The third kappa shape index (κ3) is 4.92. The van der Waals surface area contributed by atoms with Gasteiger partial charge in [-0.05, 0) is 42.5 Å². The summed E-state index contributed by atoms with van der Waals surface area (Å²) in [6.07, 6.45) is 3.88. The van der Waals surface area contributed by atoms with Gasteiger partial charge in [-0.2, -0.15) is 0 Å². The number of hydrogen-bond donors (Lipinski definition) is 1. The number of carbonyl (C=O) groups is 1. The molecule has 33 heavy (non-hydrogen) atoms. The Kier molecular flexibility index (Phi) is 6.78. The molecule has 2 heterocycles. The van der Waals surface area contributed by atoms with Crippen LogP contribution in [0.15, 0.2) is 79.5 Å². The van der Waals surface area contributed by atoms with Crippen LogP contribution < -0.4 is 10.1 Å². The molecule has 0 aliphatic rings. The molecule has 0 unspecified atom stereocenters. The van der Waals surface area contributed by atoms with Gasteiger partial charge in [0.25, 0.3) is 5.91 Å². The highest BCUT2D eigenvalue weighted by Crippen LogP contribution is 2.30. The molecule has 0 aliphatic carbocycles. The molecule has 1 N–H and O–H groups in total. The number of aromatic nitrogens is 2. The first kappa shape index (κ1) is 22.2. The first-order valence-corrected chi connectivity index (χ1v) is 10.6. The van der Waals surface area contributed by atoms with Crippen LogP contribution in [-0.4, -0.2) is 28.6 Å². The first-order chi connectivity index (χ1) is 16.1. The summed E-state index contributed by atoms with van der Waals surface area (Å²) in [5.74, 6) is -1.13. The van der Waals surface area contributed by atoms with Crippen LogP contribution >= 0.6 is 0 Å². The molecule has 0 fully saturated rings. The number of nitrogens with one attached hydrogen (secondary N) is 1. The monoisotopic (exact) mass is 447 g/mol. The summed E-state index contributed by atoms with van der Waals surface area (Å²) in [6, 6.07) is 16.3. The lowest BCUT2D eigenvalue weighted by Gasteiger charge is -2.13. The quantitative estimate of drug-likeness (QED) is 0.371. The molecule has 1 amide bonds. The predicted octanol–water partition coefficient (Wildman–Crippen LogP) is 4.90. The zero-order valence-electron chi connectivity index (χ0n) is 17.9. The Morgan fingerprint density at radius 2 is 1.88 bits per heavy atom. The van der Waals surface area contributed by atoms with Crippen LogP contribution in [0.25, 0.3) is 10.9 Å². The number of halogens is 2. The van der Waals surface area contributed by atoms with Crippen LogP contribution in [0.4, 0.5) is 8.78 Å². The third-order valence-electron chi connectivity index (χ3n) is 5.27. The van der Waals surface area contributed by atoms with Crippen molar-refractivity contribution in [2.24, 2.45) is 0 Å². The van der Waals surface area contributed by atoms with Gasteiger partial charge in [0, 0.05) is 35.8 Å². The molecule has 4 rings (SSSR count). The van der Waals surface area contributed by atoms with Crippen molar-refractivity contribution in [2.45, 2.75) is 13.0 Å². The molecule has 5 nitrogen and oxygen atoms in total. The lowest BCUT2D eigenvalue weighted by Crippen LogP contribution is -2.28. The minimum absolute atomic E-state index is 0.116. The average molecular weight is 447 g/mol. The van der Waals surface area contributed by atoms with E-state index in [9.17, 15) is 13.6 Å². The second-order valence-corrected chi connectivity index (χ2v) is 7.43. The van der Waals surface area contributed by atoms with E-state index >= 15 is 0 Å². The normalized spacial score (nSPS) is 10.8. The Morgan fingerprint density at radius 1 is 1.09 bits per heavy atom. The number of amides is 1. The fraction of sp³-hybridized carbons (Fsp3) is 0.154. The fourth-order valence-corrected chi connectivity index (χ4v) is 3.67. The summed E-state index contributed by atoms with van der Waals surface area (Å²) < 4.78 is 36.2. The van der Waals surface area contributed by atoms with Gasteiger partial charge >= 0.3 is 0 Å². The van der Waals surface area contributed by atoms with Gasteiger partial charge in [-0.15, -0.1) is 0 Å². The van der Waals surface area contributed by atoms with Crippen molar-refractivity contribution in [3.8, 4) is 5.75 Å². The molecule has 0 spiro atoms. The minimum atomic E-state index is -0.669. The molecule has 0 aliphatic heterocycles. The Labute approximate surface area is 190 Å². The van der Waals surface area contributed by atoms with Crippen LogP contribution in [0.3, 0.4) is 0 Å². The lowest BCUT2D eigenvalue weighted by atomic mass is 10.2.